The zero-order valence-electron chi connectivity index (χ0n) is 11.0. The lowest BCUT2D eigenvalue weighted by molar-refractivity contribution is 0.0566. The van der Waals surface area contributed by atoms with E-state index in [4.69, 9.17) is 0 Å². The molecule has 2 saturated heterocycles. The molecular formula is C13H27N3. The summed E-state index contributed by atoms with van der Waals surface area (Å²) in [5.41, 5.74) is 0.347. The Kier molecular flexibility index (Phi) is 4.22. The summed E-state index contributed by atoms with van der Waals surface area (Å²) in [6.07, 6.45) is 4.24. The Hall–Kier alpha value is -0.120. The van der Waals surface area contributed by atoms with E-state index < -0.39 is 0 Å². The molecule has 0 aromatic rings. The van der Waals surface area contributed by atoms with Gasteiger partial charge in [-0.2, -0.15) is 0 Å². The first-order valence-corrected chi connectivity index (χ1v) is 6.87. The van der Waals surface area contributed by atoms with Crippen LogP contribution < -0.4 is 5.32 Å². The minimum atomic E-state index is 0.347. The highest BCUT2D eigenvalue weighted by Crippen LogP contribution is 2.19. The molecular weight excluding hydrogens is 198 g/mol. The van der Waals surface area contributed by atoms with Crippen molar-refractivity contribution in [2.75, 3.05) is 45.8 Å². The van der Waals surface area contributed by atoms with E-state index in [9.17, 15) is 0 Å². The van der Waals surface area contributed by atoms with Crippen LogP contribution in [0.3, 0.4) is 0 Å². The summed E-state index contributed by atoms with van der Waals surface area (Å²) < 4.78 is 0. The van der Waals surface area contributed by atoms with Gasteiger partial charge in [0.05, 0.1) is 0 Å². The van der Waals surface area contributed by atoms with Gasteiger partial charge in [0.25, 0.3) is 0 Å². The fraction of sp³-hybridized carbons (Fsp3) is 1.00. The minimum absolute atomic E-state index is 0.347. The highest BCUT2D eigenvalue weighted by atomic mass is 15.3. The van der Waals surface area contributed by atoms with E-state index in [1.807, 2.05) is 0 Å². The fourth-order valence-electron chi connectivity index (χ4n) is 3.03. The SMILES string of the molecule is CC(C)(CN1CCCCC1)N1CCNCC1. The molecule has 0 unspecified atom stereocenters. The van der Waals surface area contributed by atoms with Gasteiger partial charge < -0.3 is 10.2 Å². The average molecular weight is 225 g/mol. The van der Waals surface area contributed by atoms with E-state index in [1.165, 1.54) is 52.0 Å². The second-order valence-corrected chi connectivity index (χ2v) is 5.89. The largest absolute Gasteiger partial charge is 0.314 e. The summed E-state index contributed by atoms with van der Waals surface area (Å²) in [7, 11) is 0. The standard InChI is InChI=1S/C13H27N3/c1-13(2,16-10-6-14-7-11-16)12-15-8-4-3-5-9-15/h14H,3-12H2,1-2H3. The molecule has 0 spiro atoms. The van der Waals surface area contributed by atoms with Crippen molar-refractivity contribution < 1.29 is 0 Å². The zero-order chi connectivity index (χ0) is 11.4. The van der Waals surface area contributed by atoms with E-state index in [0.29, 0.717) is 5.54 Å². The van der Waals surface area contributed by atoms with Crippen LogP contribution in [-0.2, 0) is 0 Å². The second-order valence-electron chi connectivity index (χ2n) is 5.89. The van der Waals surface area contributed by atoms with E-state index in [0.717, 1.165) is 13.1 Å². The van der Waals surface area contributed by atoms with Crippen LogP contribution in [0.25, 0.3) is 0 Å². The first-order valence-electron chi connectivity index (χ1n) is 6.87. The number of likely N-dealkylation sites (tertiary alicyclic amines) is 1. The highest BCUT2D eigenvalue weighted by Gasteiger charge is 2.30. The lowest BCUT2D eigenvalue weighted by atomic mass is 9.99. The number of hydrogen-bond donors (Lipinski definition) is 1. The van der Waals surface area contributed by atoms with Crippen molar-refractivity contribution in [2.45, 2.75) is 38.6 Å². The van der Waals surface area contributed by atoms with Gasteiger partial charge in [-0.25, -0.2) is 0 Å². The molecule has 2 aliphatic heterocycles. The maximum absolute atomic E-state index is 3.44. The molecule has 0 saturated carbocycles. The zero-order valence-corrected chi connectivity index (χ0v) is 11.0. The third-order valence-electron chi connectivity index (χ3n) is 4.03. The van der Waals surface area contributed by atoms with Crippen LogP contribution in [0.1, 0.15) is 33.1 Å². The second kappa shape index (κ2) is 5.48. The van der Waals surface area contributed by atoms with Crippen molar-refractivity contribution in [3.8, 4) is 0 Å². The molecule has 2 fully saturated rings. The van der Waals surface area contributed by atoms with Gasteiger partial charge in [0.1, 0.15) is 0 Å². The molecule has 0 amide bonds. The van der Waals surface area contributed by atoms with E-state index in [1.54, 1.807) is 0 Å². The smallest absolute Gasteiger partial charge is 0.0281 e. The van der Waals surface area contributed by atoms with Crippen molar-refractivity contribution in [2.24, 2.45) is 0 Å². The molecule has 0 atom stereocenters. The maximum Gasteiger partial charge on any atom is 0.0281 e. The van der Waals surface area contributed by atoms with E-state index >= 15 is 0 Å². The molecule has 94 valence electrons. The van der Waals surface area contributed by atoms with Gasteiger partial charge in [0, 0.05) is 38.3 Å². The number of hydrogen-bond acceptors (Lipinski definition) is 3. The summed E-state index contributed by atoms with van der Waals surface area (Å²) in [6.45, 7) is 13.4. The summed E-state index contributed by atoms with van der Waals surface area (Å²) in [6, 6.07) is 0. The molecule has 0 aromatic carbocycles. The maximum atomic E-state index is 3.44. The Morgan fingerprint density at radius 1 is 0.938 bits per heavy atom. The Morgan fingerprint density at radius 3 is 2.19 bits per heavy atom. The molecule has 0 aromatic heterocycles. The first kappa shape index (κ1) is 12.3. The predicted molar refractivity (Wildman–Crippen MR) is 68.8 cm³/mol. The molecule has 0 radical (unpaired) electrons. The third kappa shape index (κ3) is 3.19. The lowest BCUT2D eigenvalue weighted by Gasteiger charge is -2.44. The number of piperidine rings is 1. The van der Waals surface area contributed by atoms with Gasteiger partial charge in [-0.1, -0.05) is 6.42 Å². The van der Waals surface area contributed by atoms with Crippen LogP contribution in [0.4, 0.5) is 0 Å². The predicted octanol–water partition coefficient (Wildman–Crippen LogP) is 1.16. The number of nitrogens with one attached hydrogen (secondary N) is 1. The Morgan fingerprint density at radius 2 is 1.56 bits per heavy atom. The monoisotopic (exact) mass is 225 g/mol. The Labute approximate surface area is 100 Å². The van der Waals surface area contributed by atoms with Crippen LogP contribution in [0.15, 0.2) is 0 Å². The number of piperazine rings is 1. The molecule has 3 nitrogen and oxygen atoms in total. The van der Waals surface area contributed by atoms with E-state index in [2.05, 4.69) is 29.0 Å². The minimum Gasteiger partial charge on any atom is -0.314 e. The van der Waals surface area contributed by atoms with Crippen molar-refractivity contribution >= 4 is 0 Å². The average Bonchev–Trinajstić information content (AvgIpc) is 2.31. The van der Waals surface area contributed by atoms with Crippen molar-refractivity contribution in [3.05, 3.63) is 0 Å². The Bertz CT molecular complexity index is 203. The van der Waals surface area contributed by atoms with Gasteiger partial charge >= 0.3 is 0 Å². The van der Waals surface area contributed by atoms with E-state index in [-0.39, 0.29) is 0 Å². The molecule has 2 heterocycles. The molecule has 2 rings (SSSR count). The van der Waals surface area contributed by atoms with Crippen LogP contribution in [0, 0.1) is 0 Å². The van der Waals surface area contributed by atoms with Crippen LogP contribution in [0.5, 0.6) is 0 Å². The van der Waals surface area contributed by atoms with Gasteiger partial charge in [0.15, 0.2) is 0 Å². The van der Waals surface area contributed by atoms with Crippen LogP contribution in [-0.4, -0.2) is 61.2 Å². The van der Waals surface area contributed by atoms with Gasteiger partial charge in [-0.15, -0.1) is 0 Å². The summed E-state index contributed by atoms with van der Waals surface area (Å²) in [5.74, 6) is 0. The first-order chi connectivity index (χ1) is 7.68. The molecule has 3 heteroatoms. The number of nitrogens with zero attached hydrogens (tertiary/aromatic N) is 2. The topological polar surface area (TPSA) is 18.5 Å². The van der Waals surface area contributed by atoms with Gasteiger partial charge in [-0.05, 0) is 39.8 Å². The van der Waals surface area contributed by atoms with Gasteiger partial charge in [-0.3, -0.25) is 4.90 Å². The fourth-order valence-corrected chi connectivity index (χ4v) is 3.03. The summed E-state index contributed by atoms with van der Waals surface area (Å²) >= 11 is 0. The van der Waals surface area contributed by atoms with Gasteiger partial charge in [0.2, 0.25) is 0 Å². The number of rotatable bonds is 3. The lowest BCUT2D eigenvalue weighted by Crippen LogP contribution is -2.58. The van der Waals surface area contributed by atoms with Crippen molar-refractivity contribution in [1.82, 2.24) is 15.1 Å². The normalized spacial score (nSPS) is 25.9. The molecule has 0 bridgehead atoms. The molecule has 0 aliphatic carbocycles. The van der Waals surface area contributed by atoms with Crippen molar-refractivity contribution in [1.29, 1.82) is 0 Å². The quantitative estimate of drug-likeness (QED) is 0.777. The summed E-state index contributed by atoms with van der Waals surface area (Å²) in [4.78, 5) is 5.31. The highest BCUT2D eigenvalue weighted by molar-refractivity contribution is 4.88. The van der Waals surface area contributed by atoms with Crippen molar-refractivity contribution in [3.63, 3.8) is 0 Å². The Balaban J connectivity index is 1.84. The molecule has 2 aliphatic rings. The van der Waals surface area contributed by atoms with Crippen LogP contribution in [0.2, 0.25) is 0 Å². The third-order valence-corrected chi connectivity index (χ3v) is 4.03. The summed E-state index contributed by atoms with van der Waals surface area (Å²) in [5, 5.41) is 3.44. The molecule has 16 heavy (non-hydrogen) atoms. The molecule has 1 N–H and O–H groups in total. The van der Waals surface area contributed by atoms with Crippen LogP contribution >= 0.6 is 0 Å².